The molecule has 206 valence electrons. The molecule has 3 aromatic rings. The fourth-order valence-electron chi connectivity index (χ4n) is 4.99. The second-order valence-electron chi connectivity index (χ2n) is 10.0. The average molecular weight is 556 g/mol. The van der Waals surface area contributed by atoms with Gasteiger partial charge in [0.2, 0.25) is 0 Å². The molecular weight excluding hydrogens is 522 g/mol. The van der Waals surface area contributed by atoms with Crippen molar-refractivity contribution in [2.45, 2.75) is 44.2 Å². The lowest BCUT2D eigenvalue weighted by atomic mass is 10.0. The Kier molecular flexibility index (Phi) is 8.55. The van der Waals surface area contributed by atoms with Gasteiger partial charge in [-0.3, -0.25) is 9.59 Å². The number of carbonyl (C=O) groups is 3. The highest BCUT2D eigenvalue weighted by molar-refractivity contribution is 8.04. The van der Waals surface area contributed by atoms with Crippen LogP contribution in [0.3, 0.4) is 0 Å². The Morgan fingerprint density at radius 3 is 2.52 bits per heavy atom. The lowest BCUT2D eigenvalue weighted by Gasteiger charge is -2.32. The van der Waals surface area contributed by atoms with Gasteiger partial charge in [0.05, 0.1) is 23.7 Å². The number of likely N-dealkylation sites (tertiary alicyclic amines) is 1. The first kappa shape index (κ1) is 27.5. The molecule has 0 unspecified atom stereocenters. The van der Waals surface area contributed by atoms with Gasteiger partial charge in [-0.15, -0.1) is 0 Å². The van der Waals surface area contributed by atoms with E-state index < -0.39 is 0 Å². The average Bonchev–Trinajstić information content (AvgIpc) is 2.96. The van der Waals surface area contributed by atoms with Gasteiger partial charge in [0, 0.05) is 29.6 Å². The molecule has 7 nitrogen and oxygen atoms in total. The van der Waals surface area contributed by atoms with E-state index in [0.717, 1.165) is 27.3 Å². The van der Waals surface area contributed by atoms with Crippen molar-refractivity contribution < 1.29 is 19.1 Å². The van der Waals surface area contributed by atoms with E-state index >= 15 is 0 Å². The van der Waals surface area contributed by atoms with E-state index in [-0.39, 0.29) is 23.9 Å². The molecular formula is C32H33N3O4S. The predicted molar refractivity (Wildman–Crippen MR) is 158 cm³/mol. The SMILES string of the molecule is CCOC(=O)N1CCC(NC(=O)c2ccc3c(c2)N(Cc2cccc(C)c2)C(=O)C(=Cc2ccccc2)S3)CC1. The summed E-state index contributed by atoms with van der Waals surface area (Å²) in [5.41, 5.74) is 4.34. The van der Waals surface area contributed by atoms with Gasteiger partial charge < -0.3 is 19.9 Å². The normalized spacial score (nSPS) is 16.6. The number of hydrogen-bond acceptors (Lipinski definition) is 5. The first-order valence-electron chi connectivity index (χ1n) is 13.6. The highest BCUT2D eigenvalue weighted by Crippen LogP contribution is 2.43. The third-order valence-corrected chi connectivity index (χ3v) is 8.14. The van der Waals surface area contributed by atoms with Crippen molar-refractivity contribution in [2.24, 2.45) is 0 Å². The maximum absolute atomic E-state index is 13.8. The Hall–Kier alpha value is -4.04. The maximum atomic E-state index is 13.8. The Morgan fingerprint density at radius 2 is 1.80 bits per heavy atom. The van der Waals surface area contributed by atoms with E-state index in [9.17, 15) is 14.4 Å². The molecule has 8 heteroatoms. The summed E-state index contributed by atoms with van der Waals surface area (Å²) in [5, 5.41) is 3.12. The fraction of sp³-hybridized carbons (Fsp3) is 0.281. The summed E-state index contributed by atoms with van der Waals surface area (Å²) in [6.07, 6.45) is 2.94. The topological polar surface area (TPSA) is 79.0 Å². The molecule has 0 aliphatic carbocycles. The van der Waals surface area contributed by atoms with Crippen LogP contribution < -0.4 is 10.2 Å². The number of nitrogens with one attached hydrogen (secondary N) is 1. The van der Waals surface area contributed by atoms with E-state index in [2.05, 4.69) is 11.4 Å². The summed E-state index contributed by atoms with van der Waals surface area (Å²) < 4.78 is 5.09. The standard InChI is InChI=1S/C32H33N3O4S/c1-3-39-32(38)34-16-14-26(15-17-34)33-30(36)25-12-13-28-27(20-25)35(21-24-11-7-8-22(2)18-24)31(37)29(40-28)19-23-9-5-4-6-10-23/h4-13,18-20,26H,3,14-17,21H2,1-2H3,(H,33,36). The third-order valence-electron chi connectivity index (χ3n) is 7.06. The van der Waals surface area contributed by atoms with Crippen LogP contribution in [0.5, 0.6) is 0 Å². The second kappa shape index (κ2) is 12.4. The van der Waals surface area contributed by atoms with Gasteiger partial charge in [-0.25, -0.2) is 4.79 Å². The molecule has 1 saturated heterocycles. The molecule has 0 spiro atoms. The number of hydrogen-bond donors (Lipinski definition) is 1. The van der Waals surface area contributed by atoms with Gasteiger partial charge in [0.1, 0.15) is 0 Å². The molecule has 40 heavy (non-hydrogen) atoms. The van der Waals surface area contributed by atoms with Crippen LogP contribution >= 0.6 is 11.8 Å². The number of benzene rings is 3. The van der Waals surface area contributed by atoms with Crippen LogP contribution in [0.25, 0.3) is 6.08 Å². The lowest BCUT2D eigenvalue weighted by molar-refractivity contribution is -0.114. The van der Waals surface area contributed by atoms with Crippen LogP contribution in [0, 0.1) is 6.92 Å². The molecule has 2 aliphatic rings. The fourth-order valence-corrected chi connectivity index (χ4v) is 6.03. The van der Waals surface area contributed by atoms with Gasteiger partial charge in [-0.1, -0.05) is 71.9 Å². The van der Waals surface area contributed by atoms with Crippen molar-refractivity contribution in [3.05, 3.63) is 100.0 Å². The number of piperidine rings is 1. The number of carbonyl (C=O) groups excluding carboxylic acids is 3. The summed E-state index contributed by atoms with van der Waals surface area (Å²) in [5.74, 6) is -0.275. The summed E-state index contributed by atoms with van der Waals surface area (Å²) in [4.78, 5) is 44.1. The van der Waals surface area contributed by atoms with Crippen molar-refractivity contribution in [1.29, 1.82) is 0 Å². The number of fused-ring (bicyclic) bond motifs is 1. The smallest absolute Gasteiger partial charge is 0.409 e. The van der Waals surface area contributed by atoms with Crippen molar-refractivity contribution in [1.82, 2.24) is 10.2 Å². The van der Waals surface area contributed by atoms with Crippen molar-refractivity contribution in [3.8, 4) is 0 Å². The first-order valence-corrected chi connectivity index (χ1v) is 14.4. The molecule has 2 heterocycles. The van der Waals surface area contributed by atoms with E-state index in [1.165, 1.54) is 11.8 Å². The minimum Gasteiger partial charge on any atom is -0.450 e. The number of nitrogens with zero attached hydrogens (tertiary/aromatic N) is 2. The highest BCUT2D eigenvalue weighted by atomic mass is 32.2. The molecule has 1 N–H and O–H groups in total. The van der Waals surface area contributed by atoms with Crippen LogP contribution in [0.1, 0.15) is 46.8 Å². The minimum absolute atomic E-state index is 0.0333. The maximum Gasteiger partial charge on any atom is 0.409 e. The third kappa shape index (κ3) is 6.39. The number of anilines is 1. The second-order valence-corrected chi connectivity index (χ2v) is 11.1. The van der Waals surface area contributed by atoms with E-state index in [4.69, 9.17) is 4.74 Å². The first-order chi connectivity index (χ1) is 19.4. The van der Waals surface area contributed by atoms with E-state index in [1.54, 1.807) is 16.7 Å². The molecule has 3 aromatic carbocycles. The molecule has 0 radical (unpaired) electrons. The van der Waals surface area contributed by atoms with E-state index in [0.29, 0.717) is 49.6 Å². The largest absolute Gasteiger partial charge is 0.450 e. The molecule has 0 bridgehead atoms. The Morgan fingerprint density at radius 1 is 1.02 bits per heavy atom. The summed E-state index contributed by atoms with van der Waals surface area (Å²) in [6.45, 7) is 5.65. The van der Waals surface area contributed by atoms with Gasteiger partial charge in [-0.2, -0.15) is 0 Å². The molecule has 0 atom stereocenters. The number of amides is 3. The van der Waals surface area contributed by atoms with Crippen molar-refractivity contribution in [2.75, 3.05) is 24.6 Å². The number of aryl methyl sites for hydroxylation is 1. The van der Waals surface area contributed by atoms with Gasteiger partial charge in [0.15, 0.2) is 0 Å². The molecule has 3 amide bonds. The summed E-state index contributed by atoms with van der Waals surface area (Å²) in [7, 11) is 0. The minimum atomic E-state index is -0.307. The van der Waals surface area contributed by atoms with E-state index in [1.807, 2.05) is 79.7 Å². The molecule has 2 aliphatic heterocycles. The molecule has 0 aromatic heterocycles. The van der Waals surface area contributed by atoms with Crippen LogP contribution in [0.4, 0.5) is 10.5 Å². The van der Waals surface area contributed by atoms with Crippen molar-refractivity contribution >= 4 is 41.4 Å². The Balaban J connectivity index is 1.38. The number of ether oxygens (including phenoxy) is 1. The quantitative estimate of drug-likeness (QED) is 0.376. The zero-order chi connectivity index (χ0) is 28.1. The van der Waals surface area contributed by atoms with Crippen molar-refractivity contribution in [3.63, 3.8) is 0 Å². The van der Waals surface area contributed by atoms with Gasteiger partial charge in [0.25, 0.3) is 11.8 Å². The Bertz CT molecular complexity index is 1430. The monoisotopic (exact) mass is 555 g/mol. The van der Waals surface area contributed by atoms with Crippen LogP contribution in [0.2, 0.25) is 0 Å². The van der Waals surface area contributed by atoms with Gasteiger partial charge in [-0.05, 0) is 62.1 Å². The highest BCUT2D eigenvalue weighted by Gasteiger charge is 2.31. The summed E-state index contributed by atoms with van der Waals surface area (Å²) >= 11 is 1.43. The zero-order valence-corrected chi connectivity index (χ0v) is 23.6. The van der Waals surface area contributed by atoms with Gasteiger partial charge >= 0.3 is 6.09 Å². The molecule has 0 saturated carbocycles. The lowest BCUT2D eigenvalue weighted by Crippen LogP contribution is -2.46. The Labute approximate surface area is 239 Å². The zero-order valence-electron chi connectivity index (χ0n) is 22.8. The van der Waals surface area contributed by atoms with Crippen LogP contribution in [0.15, 0.2) is 82.6 Å². The molecule has 1 fully saturated rings. The predicted octanol–water partition coefficient (Wildman–Crippen LogP) is 6.03. The van der Waals surface area contributed by atoms with Crippen LogP contribution in [-0.4, -0.2) is 48.5 Å². The number of rotatable bonds is 6. The number of thioether (sulfide) groups is 1. The summed E-state index contributed by atoms with van der Waals surface area (Å²) in [6, 6.07) is 23.5. The molecule has 5 rings (SSSR count). The van der Waals surface area contributed by atoms with Crippen LogP contribution in [-0.2, 0) is 16.1 Å².